The minimum Gasteiger partial charge on any atom is -0.494 e. The summed E-state index contributed by atoms with van der Waals surface area (Å²) < 4.78 is 18.8. The zero-order valence-corrected chi connectivity index (χ0v) is 16.6. The number of ether oxygens (including phenoxy) is 1. The van der Waals surface area contributed by atoms with Gasteiger partial charge in [0.15, 0.2) is 11.6 Å². The molecular formula is C23H31FN2O. The average Bonchev–Trinajstić information content (AvgIpc) is 2.72. The third-order valence-corrected chi connectivity index (χ3v) is 5.91. The average molecular weight is 371 g/mol. The topological polar surface area (TPSA) is 35.0 Å². The molecule has 1 aromatic carbocycles. The molecule has 1 aliphatic carbocycles. The summed E-state index contributed by atoms with van der Waals surface area (Å²) >= 11 is 0. The van der Waals surface area contributed by atoms with Crippen molar-refractivity contribution in [1.82, 2.24) is 10.2 Å². The molecule has 1 aliphatic rings. The lowest BCUT2D eigenvalue weighted by molar-refractivity contribution is 0.249. The summed E-state index contributed by atoms with van der Waals surface area (Å²) in [7, 11) is 1.46. The number of aromatic nitrogens is 2. The highest BCUT2D eigenvalue weighted by Crippen LogP contribution is 2.34. The van der Waals surface area contributed by atoms with Crippen molar-refractivity contribution in [2.24, 2.45) is 11.8 Å². The lowest BCUT2D eigenvalue weighted by Crippen LogP contribution is -2.15. The third-order valence-electron chi connectivity index (χ3n) is 5.91. The van der Waals surface area contributed by atoms with Crippen LogP contribution in [0.25, 0.3) is 11.3 Å². The van der Waals surface area contributed by atoms with E-state index in [1.165, 1.54) is 64.5 Å². The Labute approximate surface area is 162 Å². The zero-order valence-electron chi connectivity index (χ0n) is 16.6. The number of nitrogens with zero attached hydrogens (tertiary/aromatic N) is 2. The highest BCUT2D eigenvalue weighted by molar-refractivity contribution is 5.59. The first kappa shape index (κ1) is 19.8. The fourth-order valence-corrected chi connectivity index (χ4v) is 4.13. The summed E-state index contributed by atoms with van der Waals surface area (Å²) in [5.74, 6) is 1.66. The number of benzene rings is 1. The predicted octanol–water partition coefficient (Wildman–Crippen LogP) is 6.22. The Morgan fingerprint density at radius 2 is 1.74 bits per heavy atom. The number of halogens is 1. The van der Waals surface area contributed by atoms with Crippen LogP contribution in [-0.4, -0.2) is 17.3 Å². The summed E-state index contributed by atoms with van der Waals surface area (Å²) in [6.45, 7) is 2.28. The molecule has 0 spiro atoms. The predicted molar refractivity (Wildman–Crippen MR) is 107 cm³/mol. The van der Waals surface area contributed by atoms with Crippen molar-refractivity contribution in [2.45, 2.75) is 64.7 Å². The van der Waals surface area contributed by atoms with Crippen molar-refractivity contribution < 1.29 is 9.13 Å². The Morgan fingerprint density at radius 1 is 1.00 bits per heavy atom. The van der Waals surface area contributed by atoms with Crippen LogP contribution in [0.3, 0.4) is 0 Å². The molecule has 0 radical (unpaired) electrons. The Bertz CT molecular complexity index is 709. The number of hydrogen-bond acceptors (Lipinski definition) is 3. The second-order valence-electron chi connectivity index (χ2n) is 7.83. The van der Waals surface area contributed by atoms with Crippen molar-refractivity contribution in [3.05, 3.63) is 41.8 Å². The van der Waals surface area contributed by atoms with Crippen molar-refractivity contribution in [2.75, 3.05) is 7.11 Å². The Kier molecular flexibility index (Phi) is 7.19. The molecule has 1 fully saturated rings. The first-order valence-electron chi connectivity index (χ1n) is 10.4. The summed E-state index contributed by atoms with van der Waals surface area (Å²) in [4.78, 5) is 0. The van der Waals surface area contributed by atoms with Gasteiger partial charge < -0.3 is 4.74 Å². The number of rotatable bonds is 8. The van der Waals surface area contributed by atoms with E-state index in [2.05, 4.69) is 17.1 Å². The van der Waals surface area contributed by atoms with Gasteiger partial charge in [0.2, 0.25) is 0 Å². The first-order valence-corrected chi connectivity index (χ1v) is 10.4. The van der Waals surface area contributed by atoms with Crippen LogP contribution in [0, 0.1) is 17.7 Å². The molecule has 4 heteroatoms. The summed E-state index contributed by atoms with van der Waals surface area (Å²) in [5.41, 5.74) is 2.44. The summed E-state index contributed by atoms with van der Waals surface area (Å²) in [6, 6.07) is 8.84. The van der Waals surface area contributed by atoms with Gasteiger partial charge in [-0.05, 0) is 55.0 Å². The Balaban J connectivity index is 1.49. The monoisotopic (exact) mass is 370 g/mol. The molecule has 146 valence electrons. The van der Waals surface area contributed by atoms with Crippen molar-refractivity contribution in [3.63, 3.8) is 0 Å². The highest BCUT2D eigenvalue weighted by atomic mass is 19.1. The lowest BCUT2D eigenvalue weighted by Gasteiger charge is -2.28. The summed E-state index contributed by atoms with van der Waals surface area (Å²) in [6.07, 6.45) is 11.8. The standard InChI is InChI=1S/C23H31FN2O/c1-3-4-5-17-6-8-18(9-7-17)10-12-20-13-14-22(26-25-20)19-11-15-23(27-2)21(24)16-19/h11,13-18H,3-10,12H2,1-2H3. The minimum absolute atomic E-state index is 0.243. The van der Waals surface area contributed by atoms with E-state index in [-0.39, 0.29) is 11.6 Å². The molecule has 27 heavy (non-hydrogen) atoms. The van der Waals surface area contributed by atoms with E-state index in [9.17, 15) is 4.39 Å². The maximum Gasteiger partial charge on any atom is 0.165 e. The van der Waals surface area contributed by atoms with Gasteiger partial charge in [0, 0.05) is 5.56 Å². The molecule has 0 bridgehead atoms. The number of hydrogen-bond donors (Lipinski definition) is 0. The Morgan fingerprint density at radius 3 is 2.33 bits per heavy atom. The van der Waals surface area contributed by atoms with Gasteiger partial charge in [-0.1, -0.05) is 51.9 Å². The van der Waals surface area contributed by atoms with E-state index in [0.717, 1.165) is 29.5 Å². The molecule has 0 N–H and O–H groups in total. The minimum atomic E-state index is -0.379. The first-order chi connectivity index (χ1) is 13.2. The van der Waals surface area contributed by atoms with Gasteiger partial charge in [0.25, 0.3) is 0 Å². The molecule has 0 aliphatic heterocycles. The van der Waals surface area contributed by atoms with E-state index in [1.54, 1.807) is 6.07 Å². The van der Waals surface area contributed by atoms with Gasteiger partial charge in [-0.25, -0.2) is 4.39 Å². The van der Waals surface area contributed by atoms with Gasteiger partial charge >= 0.3 is 0 Å². The third kappa shape index (κ3) is 5.50. The molecule has 3 nitrogen and oxygen atoms in total. The smallest absolute Gasteiger partial charge is 0.165 e. The van der Waals surface area contributed by atoms with Gasteiger partial charge in [-0.3, -0.25) is 0 Å². The van der Waals surface area contributed by atoms with Gasteiger partial charge in [0.1, 0.15) is 0 Å². The Hall–Kier alpha value is -1.97. The van der Waals surface area contributed by atoms with Crippen LogP contribution in [0.1, 0.15) is 64.0 Å². The summed E-state index contributed by atoms with van der Waals surface area (Å²) in [5, 5.41) is 8.66. The van der Waals surface area contributed by atoms with Crippen LogP contribution in [0.15, 0.2) is 30.3 Å². The second kappa shape index (κ2) is 9.82. The van der Waals surface area contributed by atoms with E-state index in [4.69, 9.17) is 4.74 Å². The van der Waals surface area contributed by atoms with Crippen LogP contribution in [0.5, 0.6) is 5.75 Å². The zero-order chi connectivity index (χ0) is 19.1. The maximum absolute atomic E-state index is 13.9. The lowest BCUT2D eigenvalue weighted by atomic mass is 9.78. The van der Waals surface area contributed by atoms with Crippen LogP contribution in [0.2, 0.25) is 0 Å². The van der Waals surface area contributed by atoms with Crippen molar-refractivity contribution in [3.8, 4) is 17.0 Å². The molecule has 0 amide bonds. The fourth-order valence-electron chi connectivity index (χ4n) is 4.13. The van der Waals surface area contributed by atoms with Crippen LogP contribution in [0.4, 0.5) is 4.39 Å². The molecular weight excluding hydrogens is 339 g/mol. The SMILES string of the molecule is CCCCC1CCC(CCc2ccc(-c3ccc(OC)c(F)c3)nn2)CC1. The quantitative estimate of drug-likeness (QED) is 0.553. The molecule has 0 saturated heterocycles. The number of aryl methyl sites for hydroxylation is 1. The number of unbranched alkanes of at least 4 members (excludes halogenated alkanes) is 1. The maximum atomic E-state index is 13.9. The highest BCUT2D eigenvalue weighted by Gasteiger charge is 2.20. The van der Waals surface area contributed by atoms with Gasteiger partial charge in [0.05, 0.1) is 18.5 Å². The molecule has 1 aromatic heterocycles. The van der Waals surface area contributed by atoms with Gasteiger partial charge in [-0.2, -0.15) is 10.2 Å². The van der Waals surface area contributed by atoms with E-state index >= 15 is 0 Å². The fraction of sp³-hybridized carbons (Fsp3) is 0.565. The van der Waals surface area contributed by atoms with Crippen molar-refractivity contribution >= 4 is 0 Å². The van der Waals surface area contributed by atoms with E-state index < -0.39 is 0 Å². The molecule has 3 rings (SSSR count). The molecule has 1 heterocycles. The molecule has 0 atom stereocenters. The number of methoxy groups -OCH3 is 1. The van der Waals surface area contributed by atoms with Crippen LogP contribution < -0.4 is 4.74 Å². The molecule has 0 unspecified atom stereocenters. The van der Waals surface area contributed by atoms with Crippen LogP contribution in [-0.2, 0) is 6.42 Å². The molecule has 2 aromatic rings. The van der Waals surface area contributed by atoms with Crippen LogP contribution >= 0.6 is 0 Å². The normalized spacial score (nSPS) is 19.8. The van der Waals surface area contributed by atoms with Gasteiger partial charge in [-0.15, -0.1) is 0 Å². The van der Waals surface area contributed by atoms with E-state index in [0.29, 0.717) is 5.69 Å². The second-order valence-corrected chi connectivity index (χ2v) is 7.83. The van der Waals surface area contributed by atoms with Crippen molar-refractivity contribution in [1.29, 1.82) is 0 Å². The molecule has 1 saturated carbocycles. The van der Waals surface area contributed by atoms with E-state index in [1.807, 2.05) is 18.2 Å². The largest absolute Gasteiger partial charge is 0.494 e.